The number of rotatable bonds is 5. The third kappa shape index (κ3) is 4.30. The Morgan fingerprint density at radius 2 is 2.29 bits per heavy atom. The van der Waals surface area contributed by atoms with Crippen LogP contribution in [0.15, 0.2) is 12.3 Å². The van der Waals surface area contributed by atoms with Crippen molar-refractivity contribution in [2.45, 2.75) is 13.0 Å². The van der Waals surface area contributed by atoms with Gasteiger partial charge in [0, 0.05) is 32.9 Å². The van der Waals surface area contributed by atoms with E-state index in [1.807, 2.05) is 6.92 Å². The Hall–Kier alpha value is -1.37. The molecule has 1 amide bonds. The van der Waals surface area contributed by atoms with E-state index in [0.29, 0.717) is 49.3 Å². The Labute approximate surface area is 129 Å². The molecule has 2 rings (SSSR count). The van der Waals surface area contributed by atoms with E-state index in [2.05, 4.69) is 10.3 Å². The van der Waals surface area contributed by atoms with Crippen LogP contribution in [0.2, 0.25) is 5.02 Å². The summed E-state index contributed by atoms with van der Waals surface area (Å²) in [6.07, 6.45) is 1.60. The number of anilines is 1. The van der Waals surface area contributed by atoms with Gasteiger partial charge >= 0.3 is 0 Å². The molecule has 0 saturated carbocycles. The van der Waals surface area contributed by atoms with Crippen LogP contribution >= 0.6 is 11.6 Å². The summed E-state index contributed by atoms with van der Waals surface area (Å²) < 4.78 is 10.4. The maximum absolute atomic E-state index is 12.3. The van der Waals surface area contributed by atoms with Crippen molar-refractivity contribution in [1.29, 1.82) is 0 Å². The van der Waals surface area contributed by atoms with Gasteiger partial charge in [0.05, 0.1) is 29.9 Å². The molecule has 0 aliphatic carbocycles. The van der Waals surface area contributed by atoms with Crippen LogP contribution < -0.4 is 5.32 Å². The first-order chi connectivity index (χ1) is 10.1. The number of hydrogen-bond acceptors (Lipinski definition) is 5. The lowest BCUT2D eigenvalue weighted by atomic mass is 10.2. The standard InChI is InChI=1S/C14H20ClN3O3/c1-10(20-2)8-16-13-12(15)7-11(9-17-13)14(19)18-3-5-21-6-4-18/h7,9-10H,3-6,8H2,1-2H3,(H,16,17). The summed E-state index contributed by atoms with van der Waals surface area (Å²) in [4.78, 5) is 18.3. The number of nitrogens with one attached hydrogen (secondary N) is 1. The van der Waals surface area contributed by atoms with Crippen LogP contribution in [-0.2, 0) is 9.47 Å². The molecule has 1 aromatic heterocycles. The predicted molar refractivity (Wildman–Crippen MR) is 80.9 cm³/mol. The quantitative estimate of drug-likeness (QED) is 0.895. The highest BCUT2D eigenvalue weighted by atomic mass is 35.5. The van der Waals surface area contributed by atoms with E-state index in [1.165, 1.54) is 0 Å². The van der Waals surface area contributed by atoms with Crippen molar-refractivity contribution in [3.05, 3.63) is 22.8 Å². The molecule has 1 saturated heterocycles. The third-order valence-corrected chi connectivity index (χ3v) is 3.63. The normalized spacial score (nSPS) is 16.6. The molecule has 0 aromatic carbocycles. The number of aromatic nitrogens is 1. The lowest BCUT2D eigenvalue weighted by Crippen LogP contribution is -2.40. The van der Waals surface area contributed by atoms with E-state index < -0.39 is 0 Å². The van der Waals surface area contributed by atoms with Crippen LogP contribution in [0.3, 0.4) is 0 Å². The van der Waals surface area contributed by atoms with Gasteiger partial charge in [0.25, 0.3) is 5.91 Å². The minimum Gasteiger partial charge on any atom is -0.380 e. The van der Waals surface area contributed by atoms with Crippen molar-refractivity contribution in [2.24, 2.45) is 0 Å². The van der Waals surface area contributed by atoms with Gasteiger partial charge in [-0.2, -0.15) is 0 Å². The molecule has 21 heavy (non-hydrogen) atoms. The monoisotopic (exact) mass is 313 g/mol. The highest BCUT2D eigenvalue weighted by Gasteiger charge is 2.19. The first kappa shape index (κ1) is 16.0. The number of morpholine rings is 1. The SMILES string of the molecule is COC(C)CNc1ncc(C(=O)N2CCOCC2)cc1Cl. The van der Waals surface area contributed by atoms with Crippen LogP contribution in [0.1, 0.15) is 17.3 Å². The second-order valence-corrected chi connectivity index (χ2v) is 5.29. The number of nitrogens with zero attached hydrogens (tertiary/aromatic N) is 2. The van der Waals surface area contributed by atoms with Gasteiger partial charge in [0.2, 0.25) is 0 Å². The minimum absolute atomic E-state index is 0.0533. The van der Waals surface area contributed by atoms with Crippen LogP contribution in [0.4, 0.5) is 5.82 Å². The maximum atomic E-state index is 12.3. The number of pyridine rings is 1. The molecule has 1 aliphatic rings. The number of hydrogen-bond donors (Lipinski definition) is 1. The molecule has 0 bridgehead atoms. The Balaban J connectivity index is 2.02. The van der Waals surface area contributed by atoms with Gasteiger partial charge in [-0.3, -0.25) is 4.79 Å². The molecule has 1 fully saturated rings. The molecule has 6 nitrogen and oxygen atoms in total. The van der Waals surface area contributed by atoms with Gasteiger partial charge in [0.15, 0.2) is 0 Å². The zero-order valence-electron chi connectivity index (χ0n) is 12.3. The molecule has 1 aliphatic heterocycles. The Kier molecular flexibility index (Phi) is 5.78. The van der Waals surface area contributed by atoms with Crippen molar-refractivity contribution < 1.29 is 14.3 Å². The van der Waals surface area contributed by atoms with Crippen molar-refractivity contribution >= 4 is 23.3 Å². The zero-order chi connectivity index (χ0) is 15.2. The lowest BCUT2D eigenvalue weighted by Gasteiger charge is -2.26. The van der Waals surface area contributed by atoms with Gasteiger partial charge in [-0.15, -0.1) is 0 Å². The van der Waals surface area contributed by atoms with E-state index in [4.69, 9.17) is 21.1 Å². The second-order valence-electron chi connectivity index (χ2n) is 4.89. The fourth-order valence-electron chi connectivity index (χ4n) is 1.96. The van der Waals surface area contributed by atoms with Crippen molar-refractivity contribution in [3.8, 4) is 0 Å². The summed E-state index contributed by atoms with van der Waals surface area (Å²) in [7, 11) is 1.64. The van der Waals surface area contributed by atoms with Crippen LogP contribution in [0, 0.1) is 0 Å². The van der Waals surface area contributed by atoms with E-state index in [0.717, 1.165) is 0 Å². The Morgan fingerprint density at radius 3 is 2.90 bits per heavy atom. The summed E-state index contributed by atoms with van der Waals surface area (Å²) in [5.41, 5.74) is 0.493. The van der Waals surface area contributed by atoms with Crippen molar-refractivity contribution in [1.82, 2.24) is 9.88 Å². The molecule has 116 valence electrons. The molecule has 1 N–H and O–H groups in total. The molecule has 0 radical (unpaired) electrons. The van der Waals surface area contributed by atoms with Crippen LogP contribution in [-0.4, -0.2) is 61.9 Å². The van der Waals surface area contributed by atoms with Crippen LogP contribution in [0.5, 0.6) is 0 Å². The van der Waals surface area contributed by atoms with Crippen LogP contribution in [0.25, 0.3) is 0 Å². The van der Waals surface area contributed by atoms with E-state index >= 15 is 0 Å². The molecule has 0 spiro atoms. The van der Waals surface area contributed by atoms with E-state index in [1.54, 1.807) is 24.3 Å². The summed E-state index contributed by atoms with van der Waals surface area (Å²) in [5.74, 6) is 0.489. The Morgan fingerprint density at radius 1 is 1.57 bits per heavy atom. The van der Waals surface area contributed by atoms with E-state index in [9.17, 15) is 4.79 Å². The highest BCUT2D eigenvalue weighted by molar-refractivity contribution is 6.33. The summed E-state index contributed by atoms with van der Waals surface area (Å²) >= 11 is 6.18. The third-order valence-electron chi connectivity index (χ3n) is 3.35. The molecule has 1 unspecified atom stereocenters. The van der Waals surface area contributed by atoms with E-state index in [-0.39, 0.29) is 12.0 Å². The van der Waals surface area contributed by atoms with Gasteiger partial charge in [0.1, 0.15) is 5.82 Å². The maximum Gasteiger partial charge on any atom is 0.255 e. The van der Waals surface area contributed by atoms with Gasteiger partial charge in [-0.25, -0.2) is 4.98 Å². The fraction of sp³-hybridized carbons (Fsp3) is 0.571. The number of amides is 1. The minimum atomic E-state index is -0.0653. The summed E-state index contributed by atoms with van der Waals surface area (Å²) in [5, 5.41) is 3.52. The molecular weight excluding hydrogens is 294 g/mol. The smallest absolute Gasteiger partial charge is 0.255 e. The van der Waals surface area contributed by atoms with Gasteiger partial charge in [-0.05, 0) is 13.0 Å². The Bertz CT molecular complexity index is 492. The molecular formula is C14H20ClN3O3. The molecule has 1 atom stereocenters. The first-order valence-electron chi connectivity index (χ1n) is 6.91. The number of ether oxygens (including phenoxy) is 2. The van der Waals surface area contributed by atoms with Gasteiger partial charge in [-0.1, -0.05) is 11.6 Å². The number of methoxy groups -OCH3 is 1. The topological polar surface area (TPSA) is 63.7 Å². The molecule has 7 heteroatoms. The number of carbonyl (C=O) groups is 1. The zero-order valence-corrected chi connectivity index (χ0v) is 13.0. The lowest BCUT2D eigenvalue weighted by molar-refractivity contribution is 0.0302. The first-order valence-corrected chi connectivity index (χ1v) is 7.29. The fourth-order valence-corrected chi connectivity index (χ4v) is 2.19. The average molecular weight is 314 g/mol. The average Bonchev–Trinajstić information content (AvgIpc) is 2.53. The summed E-state index contributed by atoms with van der Waals surface area (Å²) in [6, 6.07) is 1.64. The highest BCUT2D eigenvalue weighted by Crippen LogP contribution is 2.21. The van der Waals surface area contributed by atoms with Crippen molar-refractivity contribution in [2.75, 3.05) is 45.3 Å². The molecule has 2 heterocycles. The summed E-state index contributed by atoms with van der Waals surface area (Å²) in [6.45, 7) is 4.88. The number of halogens is 1. The number of carbonyl (C=O) groups excluding carboxylic acids is 1. The van der Waals surface area contributed by atoms with Crippen molar-refractivity contribution in [3.63, 3.8) is 0 Å². The largest absolute Gasteiger partial charge is 0.380 e. The second kappa shape index (κ2) is 7.59. The molecule has 1 aromatic rings. The predicted octanol–water partition coefficient (Wildman–Crippen LogP) is 1.65. The van der Waals surface area contributed by atoms with Gasteiger partial charge < -0.3 is 19.7 Å².